The fraction of sp³-hybridized carbons (Fsp3) is 0.385. The van der Waals surface area contributed by atoms with E-state index in [2.05, 4.69) is 21.2 Å². The third-order valence-electron chi connectivity index (χ3n) is 3.32. The van der Waals surface area contributed by atoms with Crippen LogP contribution in [0.2, 0.25) is 0 Å². The Morgan fingerprint density at radius 2 is 1.89 bits per heavy atom. The molecule has 2 N–H and O–H groups in total. The minimum Gasteiger partial charge on any atom is -0.480 e. The van der Waals surface area contributed by atoms with E-state index >= 15 is 0 Å². The summed E-state index contributed by atoms with van der Waals surface area (Å²) in [6.45, 7) is 1.57. The van der Waals surface area contributed by atoms with Crippen molar-refractivity contribution in [1.82, 2.24) is 5.32 Å². The van der Waals surface area contributed by atoms with Crippen LogP contribution in [0.5, 0.6) is 0 Å². The zero-order chi connectivity index (χ0) is 13.3. The molecule has 5 heteroatoms. The molecule has 1 unspecified atom stereocenters. The van der Waals surface area contributed by atoms with Crippen LogP contribution in [0.4, 0.5) is 0 Å². The monoisotopic (exact) mass is 311 g/mol. The third-order valence-corrected chi connectivity index (χ3v) is 3.85. The molecule has 0 radical (unpaired) electrons. The smallest absolute Gasteiger partial charge is 0.329 e. The van der Waals surface area contributed by atoms with Gasteiger partial charge in [-0.2, -0.15) is 0 Å². The van der Waals surface area contributed by atoms with Crippen LogP contribution in [0.15, 0.2) is 28.7 Å². The molecule has 4 nitrogen and oxygen atoms in total. The van der Waals surface area contributed by atoms with Crippen molar-refractivity contribution in [3.8, 4) is 0 Å². The van der Waals surface area contributed by atoms with Gasteiger partial charge in [-0.15, -0.1) is 0 Å². The van der Waals surface area contributed by atoms with Gasteiger partial charge in [0.2, 0.25) is 0 Å². The molecule has 1 atom stereocenters. The van der Waals surface area contributed by atoms with Gasteiger partial charge in [-0.25, -0.2) is 4.79 Å². The second-order valence-corrected chi connectivity index (χ2v) is 5.66. The van der Waals surface area contributed by atoms with Crippen LogP contribution in [0.25, 0.3) is 0 Å². The normalized spacial score (nSPS) is 17.9. The van der Waals surface area contributed by atoms with Gasteiger partial charge in [0.25, 0.3) is 5.91 Å². The Morgan fingerprint density at radius 3 is 2.33 bits per heavy atom. The molecule has 1 fully saturated rings. The van der Waals surface area contributed by atoms with E-state index in [4.69, 9.17) is 0 Å². The zero-order valence-corrected chi connectivity index (χ0v) is 11.5. The van der Waals surface area contributed by atoms with Gasteiger partial charge in [-0.05, 0) is 49.9 Å². The number of benzene rings is 1. The van der Waals surface area contributed by atoms with Gasteiger partial charge in [0.05, 0.1) is 0 Å². The van der Waals surface area contributed by atoms with Gasteiger partial charge in [0.1, 0.15) is 5.54 Å². The Hall–Kier alpha value is -1.36. The van der Waals surface area contributed by atoms with Crippen molar-refractivity contribution >= 4 is 27.8 Å². The molecule has 0 aromatic heterocycles. The predicted molar refractivity (Wildman–Crippen MR) is 70.4 cm³/mol. The van der Waals surface area contributed by atoms with Gasteiger partial charge in [0.15, 0.2) is 0 Å². The van der Waals surface area contributed by atoms with Gasteiger partial charge < -0.3 is 10.4 Å². The van der Waals surface area contributed by atoms with Crippen LogP contribution < -0.4 is 5.32 Å². The molecule has 1 amide bonds. The summed E-state index contributed by atoms with van der Waals surface area (Å²) in [6.07, 6.45) is 1.70. The number of amides is 1. The molecule has 1 aromatic carbocycles. The average Bonchev–Trinajstić information content (AvgIpc) is 3.13. The summed E-state index contributed by atoms with van der Waals surface area (Å²) in [5.74, 6) is -1.29. The summed E-state index contributed by atoms with van der Waals surface area (Å²) in [7, 11) is 0. The second kappa shape index (κ2) is 4.72. The Morgan fingerprint density at radius 1 is 1.33 bits per heavy atom. The number of carboxylic acids is 1. The maximum atomic E-state index is 12.0. The summed E-state index contributed by atoms with van der Waals surface area (Å²) in [5, 5.41) is 11.9. The van der Waals surface area contributed by atoms with E-state index in [0.29, 0.717) is 5.56 Å². The predicted octanol–water partition coefficient (Wildman–Crippen LogP) is 2.43. The van der Waals surface area contributed by atoms with Crippen molar-refractivity contribution in [3.05, 3.63) is 34.3 Å². The average molecular weight is 312 g/mol. The van der Waals surface area contributed by atoms with Crippen LogP contribution in [0.1, 0.15) is 30.1 Å². The lowest BCUT2D eigenvalue weighted by atomic mass is 9.95. The maximum absolute atomic E-state index is 12.0. The van der Waals surface area contributed by atoms with Crippen LogP contribution in [0, 0.1) is 5.92 Å². The lowest BCUT2D eigenvalue weighted by molar-refractivity contribution is -0.144. The number of halogens is 1. The van der Waals surface area contributed by atoms with Crippen molar-refractivity contribution in [2.24, 2.45) is 5.92 Å². The molecule has 1 aliphatic carbocycles. The minimum atomic E-state index is -1.16. The molecule has 0 spiro atoms. The summed E-state index contributed by atoms with van der Waals surface area (Å²) in [5.41, 5.74) is -0.698. The lowest BCUT2D eigenvalue weighted by Crippen LogP contribution is -2.54. The SMILES string of the molecule is CC(NC(=O)c1ccc(Br)cc1)(C(=O)O)C1CC1. The zero-order valence-electron chi connectivity index (χ0n) is 9.94. The number of carboxylic acid groups (broad SMARTS) is 1. The Balaban J connectivity index is 2.15. The fourth-order valence-corrected chi connectivity index (χ4v) is 2.16. The summed E-state index contributed by atoms with van der Waals surface area (Å²) < 4.78 is 0.877. The highest BCUT2D eigenvalue weighted by atomic mass is 79.9. The van der Waals surface area contributed by atoms with Gasteiger partial charge in [0, 0.05) is 10.0 Å². The van der Waals surface area contributed by atoms with Crippen LogP contribution in [0.3, 0.4) is 0 Å². The summed E-state index contributed by atoms with van der Waals surface area (Å²) in [6, 6.07) is 6.83. The van der Waals surface area contributed by atoms with Crippen molar-refractivity contribution < 1.29 is 14.7 Å². The van der Waals surface area contributed by atoms with E-state index in [9.17, 15) is 14.7 Å². The van der Waals surface area contributed by atoms with E-state index in [1.807, 2.05) is 0 Å². The Bertz CT molecular complexity index is 482. The maximum Gasteiger partial charge on any atom is 0.329 e. The van der Waals surface area contributed by atoms with Crippen molar-refractivity contribution in [2.75, 3.05) is 0 Å². The highest BCUT2D eigenvalue weighted by molar-refractivity contribution is 9.10. The molecule has 0 saturated heterocycles. The molecule has 0 aliphatic heterocycles. The van der Waals surface area contributed by atoms with Crippen molar-refractivity contribution in [1.29, 1.82) is 0 Å². The largest absolute Gasteiger partial charge is 0.480 e. The molecular weight excluding hydrogens is 298 g/mol. The molecule has 1 saturated carbocycles. The first-order valence-corrected chi connectivity index (χ1v) is 6.54. The minimum absolute atomic E-state index is 0.0365. The summed E-state index contributed by atoms with van der Waals surface area (Å²) in [4.78, 5) is 23.3. The van der Waals surface area contributed by atoms with E-state index in [1.165, 1.54) is 0 Å². The molecule has 0 heterocycles. The lowest BCUT2D eigenvalue weighted by Gasteiger charge is -2.26. The van der Waals surface area contributed by atoms with Gasteiger partial charge in [-0.1, -0.05) is 15.9 Å². The van der Waals surface area contributed by atoms with Crippen molar-refractivity contribution in [3.63, 3.8) is 0 Å². The van der Waals surface area contributed by atoms with Crippen molar-refractivity contribution in [2.45, 2.75) is 25.3 Å². The molecule has 1 aliphatic rings. The number of rotatable bonds is 4. The number of aliphatic carboxylic acids is 1. The molecule has 18 heavy (non-hydrogen) atoms. The second-order valence-electron chi connectivity index (χ2n) is 4.74. The number of hydrogen-bond acceptors (Lipinski definition) is 2. The third kappa shape index (κ3) is 2.56. The number of carbonyl (C=O) groups excluding carboxylic acids is 1. The highest BCUT2D eigenvalue weighted by Gasteiger charge is 2.48. The first-order valence-electron chi connectivity index (χ1n) is 5.75. The first-order chi connectivity index (χ1) is 8.43. The van der Waals surface area contributed by atoms with E-state index in [-0.39, 0.29) is 11.8 Å². The molecular formula is C13H14BrNO3. The Kier molecular flexibility index (Phi) is 3.43. The van der Waals surface area contributed by atoms with Gasteiger partial charge >= 0.3 is 5.97 Å². The van der Waals surface area contributed by atoms with E-state index in [0.717, 1.165) is 17.3 Å². The fourth-order valence-electron chi connectivity index (χ4n) is 1.90. The standard InChI is InChI=1S/C13H14BrNO3/c1-13(12(17)18,9-4-5-9)15-11(16)8-2-6-10(14)7-3-8/h2-3,6-7,9H,4-5H2,1H3,(H,15,16)(H,17,18). The van der Waals surface area contributed by atoms with Crippen LogP contribution >= 0.6 is 15.9 Å². The number of carbonyl (C=O) groups is 2. The number of hydrogen-bond donors (Lipinski definition) is 2. The van der Waals surface area contributed by atoms with E-state index < -0.39 is 11.5 Å². The van der Waals surface area contributed by atoms with Crippen LogP contribution in [-0.4, -0.2) is 22.5 Å². The van der Waals surface area contributed by atoms with Gasteiger partial charge in [-0.3, -0.25) is 4.79 Å². The first kappa shape index (κ1) is 13.1. The quantitative estimate of drug-likeness (QED) is 0.897. The van der Waals surface area contributed by atoms with E-state index in [1.54, 1.807) is 31.2 Å². The topological polar surface area (TPSA) is 66.4 Å². The molecule has 0 bridgehead atoms. The molecule has 2 rings (SSSR count). The summed E-state index contributed by atoms with van der Waals surface area (Å²) >= 11 is 3.29. The molecule has 96 valence electrons. The van der Waals surface area contributed by atoms with Crippen LogP contribution in [-0.2, 0) is 4.79 Å². The Labute approximate surface area is 114 Å². The number of nitrogens with one attached hydrogen (secondary N) is 1. The molecule has 1 aromatic rings. The highest BCUT2D eigenvalue weighted by Crippen LogP contribution is 2.39.